The molecular weight excluding hydrogens is 334 g/mol. The predicted molar refractivity (Wildman–Crippen MR) is 92.6 cm³/mol. The second kappa shape index (κ2) is 6.53. The molecule has 0 aromatic heterocycles. The summed E-state index contributed by atoms with van der Waals surface area (Å²) in [5.41, 5.74) is -0.629. The summed E-state index contributed by atoms with van der Waals surface area (Å²) in [4.78, 5) is 0.197. The molecule has 132 valence electrons. The highest BCUT2D eigenvalue weighted by Crippen LogP contribution is 2.28. The number of sulfone groups is 1. The molecule has 0 aliphatic carbocycles. The van der Waals surface area contributed by atoms with Crippen LogP contribution in [0.4, 0.5) is 0 Å². The van der Waals surface area contributed by atoms with E-state index in [1.807, 2.05) is 34.6 Å². The first kappa shape index (κ1) is 20.1. The molecule has 0 spiro atoms. The third-order valence-electron chi connectivity index (χ3n) is 3.26. The first-order valence-corrected chi connectivity index (χ1v) is 10.7. The molecule has 1 N–H and O–H groups in total. The number of rotatable bonds is 6. The van der Waals surface area contributed by atoms with Crippen molar-refractivity contribution in [1.82, 2.24) is 4.72 Å². The van der Waals surface area contributed by atoms with Gasteiger partial charge in [0.2, 0.25) is 10.0 Å². The Morgan fingerprint density at radius 3 is 1.70 bits per heavy atom. The summed E-state index contributed by atoms with van der Waals surface area (Å²) in [6, 6.07) is 5.34. The molecule has 0 heterocycles. The van der Waals surface area contributed by atoms with Crippen LogP contribution >= 0.6 is 0 Å². The Bertz CT molecular complexity index is 740. The molecule has 1 aromatic rings. The van der Waals surface area contributed by atoms with Crippen LogP contribution in [0.3, 0.4) is 0 Å². The van der Waals surface area contributed by atoms with Crippen LogP contribution in [0.5, 0.6) is 0 Å². The molecule has 0 saturated heterocycles. The molecule has 0 aliphatic rings. The van der Waals surface area contributed by atoms with E-state index < -0.39 is 25.4 Å². The van der Waals surface area contributed by atoms with Gasteiger partial charge in [-0.05, 0) is 49.9 Å². The molecule has 7 heteroatoms. The van der Waals surface area contributed by atoms with Crippen molar-refractivity contribution in [1.29, 1.82) is 0 Å². The largest absolute Gasteiger partial charge is 0.241 e. The Morgan fingerprint density at radius 2 is 1.30 bits per heavy atom. The van der Waals surface area contributed by atoms with E-state index in [2.05, 4.69) is 4.72 Å². The van der Waals surface area contributed by atoms with Crippen molar-refractivity contribution < 1.29 is 16.8 Å². The Morgan fingerprint density at radius 1 is 0.870 bits per heavy atom. The van der Waals surface area contributed by atoms with Crippen molar-refractivity contribution in [3.05, 3.63) is 24.3 Å². The fourth-order valence-corrected chi connectivity index (χ4v) is 5.07. The Kier molecular flexibility index (Phi) is 5.71. The highest BCUT2D eigenvalue weighted by Gasteiger charge is 2.30. The van der Waals surface area contributed by atoms with Crippen molar-refractivity contribution in [2.45, 2.75) is 63.3 Å². The van der Waals surface area contributed by atoms with Gasteiger partial charge < -0.3 is 0 Å². The third kappa shape index (κ3) is 5.90. The van der Waals surface area contributed by atoms with E-state index in [1.165, 1.54) is 24.3 Å². The van der Waals surface area contributed by atoms with Crippen LogP contribution in [0.1, 0.15) is 48.0 Å². The quantitative estimate of drug-likeness (QED) is 0.845. The van der Waals surface area contributed by atoms with E-state index in [1.54, 1.807) is 6.92 Å². The average Bonchev–Trinajstić information content (AvgIpc) is 2.34. The van der Waals surface area contributed by atoms with Crippen LogP contribution in [0.2, 0.25) is 0 Å². The maximum absolute atomic E-state index is 12.5. The van der Waals surface area contributed by atoms with Crippen LogP contribution in [0.15, 0.2) is 34.1 Å². The zero-order valence-corrected chi connectivity index (χ0v) is 16.3. The SMILES string of the molecule is CCS(=O)(=O)c1ccc(S(=O)(=O)NC(C)(C)CC(C)(C)C)cc1. The minimum absolute atomic E-state index is 0.0179. The van der Waals surface area contributed by atoms with E-state index in [-0.39, 0.29) is 21.0 Å². The minimum Gasteiger partial charge on any atom is -0.224 e. The van der Waals surface area contributed by atoms with Gasteiger partial charge >= 0.3 is 0 Å². The monoisotopic (exact) mass is 361 g/mol. The lowest BCUT2D eigenvalue weighted by Crippen LogP contribution is -2.45. The second-order valence-corrected chi connectivity index (χ2v) is 11.6. The summed E-state index contributed by atoms with van der Waals surface area (Å²) in [7, 11) is -7.04. The zero-order valence-electron chi connectivity index (χ0n) is 14.7. The maximum Gasteiger partial charge on any atom is 0.241 e. The number of nitrogens with one attached hydrogen (secondary N) is 1. The molecule has 0 saturated carbocycles. The van der Waals surface area contributed by atoms with Crippen LogP contribution in [-0.4, -0.2) is 28.1 Å². The van der Waals surface area contributed by atoms with Gasteiger partial charge in [-0.2, -0.15) is 0 Å². The lowest BCUT2D eigenvalue weighted by molar-refractivity contribution is 0.269. The minimum atomic E-state index is -3.70. The van der Waals surface area contributed by atoms with E-state index in [9.17, 15) is 16.8 Å². The van der Waals surface area contributed by atoms with Crippen molar-refractivity contribution in [2.75, 3.05) is 5.75 Å². The van der Waals surface area contributed by atoms with E-state index in [0.717, 1.165) is 0 Å². The number of sulfonamides is 1. The first-order valence-electron chi connectivity index (χ1n) is 7.55. The molecule has 0 unspecified atom stereocenters. The van der Waals surface area contributed by atoms with Gasteiger partial charge in [0, 0.05) is 5.54 Å². The van der Waals surface area contributed by atoms with E-state index in [4.69, 9.17) is 0 Å². The predicted octanol–water partition coefficient (Wildman–Crippen LogP) is 2.97. The van der Waals surface area contributed by atoms with E-state index >= 15 is 0 Å². The van der Waals surface area contributed by atoms with Crippen LogP contribution < -0.4 is 4.72 Å². The fraction of sp³-hybridized carbons (Fsp3) is 0.625. The topological polar surface area (TPSA) is 80.3 Å². The standard InChI is InChI=1S/C16H27NO4S2/c1-7-22(18,19)13-8-10-14(11-9-13)23(20,21)17-16(5,6)12-15(2,3)4/h8-11,17H,7,12H2,1-6H3. The van der Waals surface area contributed by atoms with Crippen molar-refractivity contribution >= 4 is 19.9 Å². The molecule has 23 heavy (non-hydrogen) atoms. The molecule has 1 aromatic carbocycles. The zero-order chi connectivity index (χ0) is 18.1. The van der Waals surface area contributed by atoms with Gasteiger partial charge in [-0.15, -0.1) is 0 Å². The van der Waals surface area contributed by atoms with Crippen molar-refractivity contribution in [2.24, 2.45) is 5.41 Å². The highest BCUT2D eigenvalue weighted by atomic mass is 32.2. The highest BCUT2D eigenvalue weighted by molar-refractivity contribution is 7.91. The number of benzene rings is 1. The normalized spacial score (nSPS) is 14.0. The lowest BCUT2D eigenvalue weighted by Gasteiger charge is -2.33. The molecule has 0 fully saturated rings. The summed E-state index contributed by atoms with van der Waals surface area (Å²) < 4.78 is 51.3. The summed E-state index contributed by atoms with van der Waals surface area (Å²) >= 11 is 0. The lowest BCUT2D eigenvalue weighted by atomic mass is 9.82. The maximum atomic E-state index is 12.5. The molecule has 1 rings (SSSR count). The molecule has 0 aliphatic heterocycles. The molecule has 0 atom stereocenters. The summed E-state index contributed by atoms with van der Waals surface area (Å²) in [5, 5.41) is 0. The van der Waals surface area contributed by atoms with Gasteiger partial charge in [0.25, 0.3) is 0 Å². The Labute approximate surface area is 140 Å². The Balaban J connectivity index is 3.06. The van der Waals surface area contributed by atoms with Crippen LogP contribution in [0, 0.1) is 5.41 Å². The van der Waals surface area contributed by atoms with Gasteiger partial charge in [-0.1, -0.05) is 27.7 Å². The Hall–Kier alpha value is -0.920. The molecule has 0 bridgehead atoms. The number of hydrogen-bond donors (Lipinski definition) is 1. The number of hydrogen-bond acceptors (Lipinski definition) is 4. The van der Waals surface area contributed by atoms with Crippen molar-refractivity contribution in [3.63, 3.8) is 0 Å². The van der Waals surface area contributed by atoms with Gasteiger partial charge in [0.05, 0.1) is 15.5 Å². The van der Waals surface area contributed by atoms with Gasteiger partial charge in [0.1, 0.15) is 0 Å². The molecule has 5 nitrogen and oxygen atoms in total. The summed E-state index contributed by atoms with van der Waals surface area (Å²) in [6.45, 7) is 11.4. The van der Waals surface area contributed by atoms with Crippen LogP contribution in [0.25, 0.3) is 0 Å². The molecule has 0 radical (unpaired) electrons. The third-order valence-corrected chi connectivity index (χ3v) is 6.72. The molecular formula is C16H27NO4S2. The van der Waals surface area contributed by atoms with Gasteiger partial charge in [-0.3, -0.25) is 0 Å². The average molecular weight is 362 g/mol. The smallest absolute Gasteiger partial charge is 0.224 e. The fourth-order valence-electron chi connectivity index (χ4n) is 2.78. The van der Waals surface area contributed by atoms with E-state index in [0.29, 0.717) is 6.42 Å². The second-order valence-electron chi connectivity index (χ2n) is 7.60. The molecule has 0 amide bonds. The van der Waals surface area contributed by atoms with Gasteiger partial charge in [-0.25, -0.2) is 21.6 Å². The summed E-state index contributed by atoms with van der Waals surface area (Å²) in [6.07, 6.45) is 0.668. The first-order chi connectivity index (χ1) is 10.2. The summed E-state index contributed by atoms with van der Waals surface area (Å²) in [5.74, 6) is -0.0179. The van der Waals surface area contributed by atoms with Gasteiger partial charge in [0.15, 0.2) is 9.84 Å². The van der Waals surface area contributed by atoms with Crippen molar-refractivity contribution in [3.8, 4) is 0 Å². The van der Waals surface area contributed by atoms with Crippen LogP contribution in [-0.2, 0) is 19.9 Å².